The van der Waals surface area contributed by atoms with Crippen LogP contribution in [0, 0.1) is 11.3 Å². The summed E-state index contributed by atoms with van der Waals surface area (Å²) >= 11 is 1.59. The van der Waals surface area contributed by atoms with Gasteiger partial charge in [0.1, 0.15) is 0 Å². The molecule has 6 heteroatoms. The molecular formula is C18H16N2O3S. The van der Waals surface area contributed by atoms with Gasteiger partial charge in [0.15, 0.2) is 6.61 Å². The van der Waals surface area contributed by atoms with Gasteiger partial charge >= 0.3 is 5.97 Å². The summed E-state index contributed by atoms with van der Waals surface area (Å²) in [4.78, 5) is 25.4. The maximum Gasteiger partial charge on any atom is 0.339 e. The van der Waals surface area contributed by atoms with Gasteiger partial charge in [0.05, 0.1) is 17.2 Å². The fourth-order valence-electron chi connectivity index (χ4n) is 2.74. The molecule has 1 aromatic heterocycles. The van der Waals surface area contributed by atoms with E-state index in [9.17, 15) is 9.59 Å². The third-order valence-corrected chi connectivity index (χ3v) is 4.98. The molecule has 0 saturated carbocycles. The molecule has 1 N–H and O–H groups in total. The Hall–Kier alpha value is -2.65. The molecule has 3 rings (SSSR count). The van der Waals surface area contributed by atoms with Gasteiger partial charge in [0.25, 0.3) is 5.91 Å². The van der Waals surface area contributed by atoms with Crippen LogP contribution in [0.15, 0.2) is 29.6 Å². The van der Waals surface area contributed by atoms with Crippen molar-refractivity contribution < 1.29 is 14.3 Å². The molecule has 0 saturated heterocycles. The Morgan fingerprint density at radius 3 is 2.96 bits per heavy atom. The van der Waals surface area contributed by atoms with Gasteiger partial charge in [-0.1, -0.05) is 6.07 Å². The first-order valence-electron chi connectivity index (χ1n) is 7.74. The van der Waals surface area contributed by atoms with Gasteiger partial charge < -0.3 is 10.1 Å². The molecular weight excluding hydrogens is 324 g/mol. The number of anilines is 1. The minimum Gasteiger partial charge on any atom is -0.452 e. The summed E-state index contributed by atoms with van der Waals surface area (Å²) < 4.78 is 5.13. The fourth-order valence-corrected chi connectivity index (χ4v) is 3.85. The van der Waals surface area contributed by atoms with E-state index in [1.54, 1.807) is 35.6 Å². The number of thiophene rings is 1. The van der Waals surface area contributed by atoms with Crippen LogP contribution in [-0.2, 0) is 22.4 Å². The fraction of sp³-hybridized carbons (Fsp3) is 0.278. The molecule has 1 aliphatic rings. The van der Waals surface area contributed by atoms with Crippen molar-refractivity contribution in [2.45, 2.75) is 25.7 Å². The number of nitriles is 1. The van der Waals surface area contributed by atoms with E-state index in [0.29, 0.717) is 16.8 Å². The molecule has 1 amide bonds. The Kier molecular flexibility index (Phi) is 4.92. The summed E-state index contributed by atoms with van der Waals surface area (Å²) in [6.45, 7) is -0.347. The van der Waals surface area contributed by atoms with Crippen molar-refractivity contribution >= 4 is 28.9 Å². The highest BCUT2D eigenvalue weighted by Gasteiger charge is 2.21. The SMILES string of the molecule is N#Cc1cccc(NC(=O)COC(=O)c2csc3c2CCCC3)c1. The molecule has 5 nitrogen and oxygen atoms in total. The highest BCUT2D eigenvalue weighted by Crippen LogP contribution is 2.30. The second-order valence-corrected chi connectivity index (χ2v) is 6.54. The maximum absolute atomic E-state index is 12.2. The number of hydrogen-bond donors (Lipinski definition) is 1. The Labute approximate surface area is 143 Å². The van der Waals surface area contributed by atoms with Crippen LogP contribution in [0.2, 0.25) is 0 Å². The normalized spacial score (nSPS) is 12.8. The molecule has 1 heterocycles. The molecule has 0 bridgehead atoms. The Morgan fingerprint density at radius 2 is 2.12 bits per heavy atom. The predicted octanol–water partition coefficient (Wildman–Crippen LogP) is 3.29. The van der Waals surface area contributed by atoms with E-state index in [1.807, 2.05) is 11.4 Å². The summed E-state index contributed by atoms with van der Waals surface area (Å²) in [5.74, 6) is -0.877. The van der Waals surface area contributed by atoms with Gasteiger partial charge in [-0.05, 0) is 49.4 Å². The number of carbonyl (C=O) groups excluding carboxylic acids is 2. The molecule has 24 heavy (non-hydrogen) atoms. The lowest BCUT2D eigenvalue weighted by molar-refractivity contribution is -0.119. The number of amides is 1. The van der Waals surface area contributed by atoms with Crippen LogP contribution in [0.1, 0.15) is 39.2 Å². The van der Waals surface area contributed by atoms with Gasteiger partial charge in [-0.3, -0.25) is 4.79 Å². The predicted molar refractivity (Wildman–Crippen MR) is 91.0 cm³/mol. The van der Waals surface area contributed by atoms with Gasteiger partial charge in [-0.2, -0.15) is 5.26 Å². The number of carbonyl (C=O) groups is 2. The molecule has 122 valence electrons. The number of ether oxygens (including phenoxy) is 1. The smallest absolute Gasteiger partial charge is 0.339 e. The summed E-state index contributed by atoms with van der Waals surface area (Å²) in [5.41, 5.74) is 2.63. The average molecular weight is 340 g/mol. The zero-order valence-corrected chi connectivity index (χ0v) is 13.8. The van der Waals surface area contributed by atoms with Crippen molar-refractivity contribution in [1.82, 2.24) is 0 Å². The Bertz CT molecular complexity index is 820. The van der Waals surface area contributed by atoms with Gasteiger partial charge in [-0.25, -0.2) is 4.79 Å². The van der Waals surface area contributed by atoms with Gasteiger partial charge in [0, 0.05) is 15.9 Å². The van der Waals surface area contributed by atoms with E-state index in [-0.39, 0.29) is 6.61 Å². The number of fused-ring (bicyclic) bond motifs is 1. The minimum atomic E-state index is -0.449. The Balaban J connectivity index is 1.57. The monoisotopic (exact) mass is 340 g/mol. The number of nitrogens with one attached hydrogen (secondary N) is 1. The number of nitrogens with zero attached hydrogens (tertiary/aromatic N) is 1. The average Bonchev–Trinajstić information content (AvgIpc) is 3.04. The van der Waals surface area contributed by atoms with Crippen molar-refractivity contribution in [1.29, 1.82) is 5.26 Å². The first-order chi connectivity index (χ1) is 11.7. The van der Waals surface area contributed by atoms with Crippen LogP contribution in [0.25, 0.3) is 0 Å². The number of aryl methyl sites for hydroxylation is 1. The number of benzene rings is 1. The van der Waals surface area contributed by atoms with E-state index in [1.165, 1.54) is 4.88 Å². The molecule has 1 aromatic carbocycles. The van der Waals surface area contributed by atoms with Crippen molar-refractivity contribution in [2.24, 2.45) is 0 Å². The quantitative estimate of drug-likeness (QED) is 0.866. The topological polar surface area (TPSA) is 79.2 Å². The van der Waals surface area contributed by atoms with Crippen LogP contribution < -0.4 is 5.32 Å². The van der Waals surface area contributed by atoms with E-state index >= 15 is 0 Å². The van der Waals surface area contributed by atoms with Crippen LogP contribution >= 0.6 is 11.3 Å². The largest absolute Gasteiger partial charge is 0.452 e. The number of esters is 1. The van der Waals surface area contributed by atoms with E-state index in [2.05, 4.69) is 5.32 Å². The number of rotatable bonds is 4. The van der Waals surface area contributed by atoms with Crippen molar-refractivity contribution in [3.05, 3.63) is 51.2 Å². The maximum atomic E-state index is 12.2. The van der Waals surface area contributed by atoms with Crippen molar-refractivity contribution in [2.75, 3.05) is 11.9 Å². The summed E-state index contributed by atoms with van der Waals surface area (Å²) in [7, 11) is 0. The lowest BCUT2D eigenvalue weighted by Crippen LogP contribution is -2.21. The zero-order valence-electron chi connectivity index (χ0n) is 13.0. The molecule has 0 fully saturated rings. The third kappa shape index (κ3) is 3.63. The van der Waals surface area contributed by atoms with Crippen LogP contribution in [0.5, 0.6) is 0 Å². The van der Waals surface area contributed by atoms with Crippen LogP contribution in [-0.4, -0.2) is 18.5 Å². The van der Waals surface area contributed by atoms with Gasteiger partial charge in [-0.15, -0.1) is 11.3 Å². The first kappa shape index (κ1) is 16.2. The van der Waals surface area contributed by atoms with E-state index < -0.39 is 11.9 Å². The van der Waals surface area contributed by atoms with Gasteiger partial charge in [0.2, 0.25) is 0 Å². The van der Waals surface area contributed by atoms with Crippen LogP contribution in [0.3, 0.4) is 0 Å². The summed E-state index contributed by atoms with van der Waals surface area (Å²) in [5, 5.41) is 13.3. The van der Waals surface area contributed by atoms with E-state index in [0.717, 1.165) is 31.2 Å². The Morgan fingerprint density at radius 1 is 1.29 bits per heavy atom. The number of hydrogen-bond acceptors (Lipinski definition) is 5. The lowest BCUT2D eigenvalue weighted by atomic mass is 9.96. The third-order valence-electron chi connectivity index (χ3n) is 3.89. The molecule has 0 spiro atoms. The lowest BCUT2D eigenvalue weighted by Gasteiger charge is -2.12. The van der Waals surface area contributed by atoms with Crippen LogP contribution in [0.4, 0.5) is 5.69 Å². The van der Waals surface area contributed by atoms with E-state index in [4.69, 9.17) is 10.00 Å². The highest BCUT2D eigenvalue weighted by molar-refractivity contribution is 7.10. The zero-order chi connectivity index (χ0) is 16.9. The first-order valence-corrected chi connectivity index (χ1v) is 8.61. The molecule has 0 aliphatic heterocycles. The summed E-state index contributed by atoms with van der Waals surface area (Å²) in [6, 6.07) is 8.57. The second-order valence-electron chi connectivity index (χ2n) is 5.58. The standard InChI is InChI=1S/C18H16N2O3S/c19-9-12-4-3-5-13(8-12)20-17(21)10-23-18(22)15-11-24-16-7-2-1-6-14(15)16/h3-5,8,11H,1-2,6-7,10H2,(H,20,21). The van der Waals surface area contributed by atoms with Crippen molar-refractivity contribution in [3.8, 4) is 6.07 Å². The molecule has 1 aliphatic carbocycles. The molecule has 0 unspecified atom stereocenters. The van der Waals surface area contributed by atoms with Crippen molar-refractivity contribution in [3.63, 3.8) is 0 Å². The molecule has 0 radical (unpaired) electrons. The highest BCUT2D eigenvalue weighted by atomic mass is 32.1. The molecule has 0 atom stereocenters. The molecule has 2 aromatic rings. The minimum absolute atomic E-state index is 0.347. The summed E-state index contributed by atoms with van der Waals surface area (Å²) in [6.07, 6.45) is 4.16. The second kappa shape index (κ2) is 7.28.